The van der Waals surface area contributed by atoms with Crippen LogP contribution in [0, 0.1) is 0 Å². The van der Waals surface area contributed by atoms with Gasteiger partial charge in [0, 0.05) is 37.2 Å². The fraction of sp³-hybridized carbons (Fsp3) is 0.250. The second-order valence-corrected chi connectivity index (χ2v) is 4.89. The van der Waals surface area contributed by atoms with Gasteiger partial charge in [0.25, 0.3) is 5.91 Å². The minimum atomic E-state index is -0.271. The molecule has 5 heteroatoms. The van der Waals surface area contributed by atoms with Crippen molar-refractivity contribution in [3.8, 4) is 0 Å². The van der Waals surface area contributed by atoms with Crippen molar-refractivity contribution in [1.29, 1.82) is 0 Å². The number of amides is 1. The van der Waals surface area contributed by atoms with Crippen molar-refractivity contribution in [2.24, 2.45) is 0 Å². The molecule has 0 unspecified atom stereocenters. The SMILES string of the molecule is CCCN(Cc1cccc(N)c1)C(=O)c1c[nH]ccc1=O. The zero-order valence-electron chi connectivity index (χ0n) is 12.0. The fourth-order valence-electron chi connectivity index (χ4n) is 2.19. The van der Waals surface area contributed by atoms with E-state index in [2.05, 4.69) is 4.98 Å². The van der Waals surface area contributed by atoms with Gasteiger partial charge in [0.05, 0.1) is 0 Å². The number of nitrogens with two attached hydrogens (primary N) is 1. The smallest absolute Gasteiger partial charge is 0.259 e. The van der Waals surface area contributed by atoms with E-state index in [0.717, 1.165) is 12.0 Å². The number of aromatic amines is 1. The Balaban J connectivity index is 2.25. The number of nitrogens with zero attached hydrogens (tertiary/aromatic N) is 1. The molecule has 3 N–H and O–H groups in total. The van der Waals surface area contributed by atoms with Crippen LogP contribution in [0.4, 0.5) is 5.69 Å². The molecule has 0 atom stereocenters. The molecule has 0 saturated carbocycles. The lowest BCUT2D eigenvalue weighted by molar-refractivity contribution is 0.0741. The Kier molecular flexibility index (Phi) is 4.77. The van der Waals surface area contributed by atoms with Crippen LogP contribution >= 0.6 is 0 Å². The molecule has 0 aliphatic carbocycles. The number of rotatable bonds is 5. The molecule has 1 heterocycles. The maximum atomic E-state index is 12.5. The number of hydrogen-bond acceptors (Lipinski definition) is 3. The summed E-state index contributed by atoms with van der Waals surface area (Å²) < 4.78 is 0. The monoisotopic (exact) mass is 285 g/mol. The first kappa shape index (κ1) is 14.8. The molecular formula is C16H19N3O2. The Hall–Kier alpha value is -2.56. The molecule has 0 spiro atoms. The van der Waals surface area contributed by atoms with Gasteiger partial charge in [-0.25, -0.2) is 0 Å². The highest BCUT2D eigenvalue weighted by molar-refractivity contribution is 5.93. The number of anilines is 1. The highest BCUT2D eigenvalue weighted by Crippen LogP contribution is 2.11. The molecule has 0 fully saturated rings. The topological polar surface area (TPSA) is 79.2 Å². The predicted octanol–water partition coefficient (Wildman–Crippen LogP) is 2.01. The van der Waals surface area contributed by atoms with E-state index in [4.69, 9.17) is 5.73 Å². The van der Waals surface area contributed by atoms with Gasteiger partial charge in [-0.15, -0.1) is 0 Å². The summed E-state index contributed by atoms with van der Waals surface area (Å²) >= 11 is 0. The van der Waals surface area contributed by atoms with Crippen molar-refractivity contribution >= 4 is 11.6 Å². The van der Waals surface area contributed by atoms with Gasteiger partial charge >= 0.3 is 0 Å². The lowest BCUT2D eigenvalue weighted by Crippen LogP contribution is -2.34. The third-order valence-corrected chi connectivity index (χ3v) is 3.16. The molecule has 1 amide bonds. The van der Waals surface area contributed by atoms with Crippen LogP contribution in [0.2, 0.25) is 0 Å². The van der Waals surface area contributed by atoms with Gasteiger partial charge in [-0.05, 0) is 24.1 Å². The van der Waals surface area contributed by atoms with Crippen LogP contribution in [-0.4, -0.2) is 22.3 Å². The lowest BCUT2D eigenvalue weighted by atomic mass is 10.1. The molecule has 0 aliphatic rings. The maximum Gasteiger partial charge on any atom is 0.259 e. The summed E-state index contributed by atoms with van der Waals surface area (Å²) in [6, 6.07) is 8.77. The zero-order valence-corrected chi connectivity index (χ0v) is 12.0. The van der Waals surface area contributed by atoms with E-state index in [-0.39, 0.29) is 16.9 Å². The van der Waals surface area contributed by atoms with Crippen molar-refractivity contribution < 1.29 is 4.79 Å². The number of nitrogens with one attached hydrogen (secondary N) is 1. The van der Waals surface area contributed by atoms with Gasteiger partial charge in [0.15, 0.2) is 5.43 Å². The van der Waals surface area contributed by atoms with Gasteiger partial charge in [-0.2, -0.15) is 0 Å². The molecule has 1 aromatic heterocycles. The minimum absolute atomic E-state index is 0.162. The van der Waals surface area contributed by atoms with E-state index in [0.29, 0.717) is 18.8 Å². The second kappa shape index (κ2) is 6.74. The summed E-state index contributed by atoms with van der Waals surface area (Å²) in [6.45, 7) is 3.02. The predicted molar refractivity (Wildman–Crippen MR) is 82.9 cm³/mol. The number of aromatic nitrogens is 1. The summed E-state index contributed by atoms with van der Waals surface area (Å²) in [5.41, 5.74) is 7.26. The Morgan fingerprint density at radius 1 is 1.33 bits per heavy atom. The van der Waals surface area contributed by atoms with E-state index in [9.17, 15) is 9.59 Å². The molecule has 5 nitrogen and oxygen atoms in total. The van der Waals surface area contributed by atoms with E-state index in [1.54, 1.807) is 11.0 Å². The van der Waals surface area contributed by atoms with Gasteiger partial charge in [-0.3, -0.25) is 9.59 Å². The second-order valence-electron chi connectivity index (χ2n) is 4.89. The van der Waals surface area contributed by atoms with Crippen LogP contribution in [0.25, 0.3) is 0 Å². The summed E-state index contributed by atoms with van der Waals surface area (Å²) in [7, 11) is 0. The molecule has 21 heavy (non-hydrogen) atoms. The van der Waals surface area contributed by atoms with Gasteiger partial charge < -0.3 is 15.6 Å². The van der Waals surface area contributed by atoms with Crippen molar-refractivity contribution in [1.82, 2.24) is 9.88 Å². The Bertz CT molecular complexity index is 679. The highest BCUT2D eigenvalue weighted by Gasteiger charge is 2.18. The Morgan fingerprint density at radius 3 is 2.81 bits per heavy atom. The fourth-order valence-corrected chi connectivity index (χ4v) is 2.19. The van der Waals surface area contributed by atoms with Gasteiger partial charge in [-0.1, -0.05) is 19.1 Å². The number of benzene rings is 1. The molecule has 1 aromatic carbocycles. The van der Waals surface area contributed by atoms with E-state index >= 15 is 0 Å². The van der Waals surface area contributed by atoms with Crippen LogP contribution < -0.4 is 11.2 Å². The average molecular weight is 285 g/mol. The summed E-state index contributed by atoms with van der Waals surface area (Å²) in [5.74, 6) is -0.263. The molecule has 0 radical (unpaired) electrons. The van der Waals surface area contributed by atoms with Crippen molar-refractivity contribution in [2.45, 2.75) is 19.9 Å². The summed E-state index contributed by atoms with van der Waals surface area (Å²) in [5, 5.41) is 0. The molecule has 0 bridgehead atoms. The first-order valence-electron chi connectivity index (χ1n) is 6.92. The van der Waals surface area contributed by atoms with Crippen LogP contribution in [0.5, 0.6) is 0 Å². The van der Waals surface area contributed by atoms with E-state index < -0.39 is 0 Å². The third-order valence-electron chi connectivity index (χ3n) is 3.16. The molecular weight excluding hydrogens is 266 g/mol. The number of pyridine rings is 1. The molecule has 0 saturated heterocycles. The third kappa shape index (κ3) is 3.72. The van der Waals surface area contributed by atoms with Crippen molar-refractivity contribution in [3.05, 3.63) is 64.1 Å². The summed E-state index contributed by atoms with van der Waals surface area (Å²) in [4.78, 5) is 28.8. The Labute approximate surface area is 123 Å². The average Bonchev–Trinajstić information content (AvgIpc) is 2.47. The highest BCUT2D eigenvalue weighted by atomic mass is 16.2. The maximum absolute atomic E-state index is 12.5. The number of H-pyrrole nitrogens is 1. The minimum Gasteiger partial charge on any atom is -0.399 e. The van der Waals surface area contributed by atoms with E-state index in [1.807, 2.05) is 25.1 Å². The van der Waals surface area contributed by atoms with Crippen LogP contribution in [0.1, 0.15) is 29.3 Å². The van der Waals surface area contributed by atoms with E-state index in [1.165, 1.54) is 18.5 Å². The zero-order chi connectivity index (χ0) is 15.2. The molecule has 110 valence electrons. The van der Waals surface area contributed by atoms with Crippen LogP contribution in [0.15, 0.2) is 47.5 Å². The van der Waals surface area contributed by atoms with Crippen molar-refractivity contribution in [2.75, 3.05) is 12.3 Å². The number of carbonyl (C=O) groups is 1. The largest absolute Gasteiger partial charge is 0.399 e. The van der Waals surface area contributed by atoms with Gasteiger partial charge in [0.1, 0.15) is 5.56 Å². The number of hydrogen-bond donors (Lipinski definition) is 2. The first-order valence-corrected chi connectivity index (χ1v) is 6.92. The first-order chi connectivity index (χ1) is 10.1. The lowest BCUT2D eigenvalue weighted by Gasteiger charge is -2.22. The quantitative estimate of drug-likeness (QED) is 0.825. The normalized spacial score (nSPS) is 10.3. The Morgan fingerprint density at radius 2 is 2.14 bits per heavy atom. The summed E-state index contributed by atoms with van der Waals surface area (Å²) in [6.07, 6.45) is 3.78. The standard InChI is InChI=1S/C16H19N3O2/c1-2-8-19(11-12-4-3-5-13(17)9-12)16(21)14-10-18-7-6-15(14)20/h3-7,9-10H,2,8,11,17H2,1H3,(H,18,20). The van der Waals surface area contributed by atoms with Crippen molar-refractivity contribution in [3.63, 3.8) is 0 Å². The molecule has 2 rings (SSSR count). The van der Waals surface area contributed by atoms with Gasteiger partial charge in [0.2, 0.25) is 0 Å². The number of nitrogen functional groups attached to an aromatic ring is 1. The van der Waals surface area contributed by atoms with Crippen LogP contribution in [0.3, 0.4) is 0 Å². The molecule has 0 aliphatic heterocycles. The van der Waals surface area contributed by atoms with Crippen LogP contribution in [-0.2, 0) is 6.54 Å². The molecule has 2 aromatic rings. The number of carbonyl (C=O) groups excluding carboxylic acids is 1.